The van der Waals surface area contributed by atoms with Crippen molar-refractivity contribution in [1.82, 2.24) is 4.90 Å². The van der Waals surface area contributed by atoms with Crippen molar-refractivity contribution < 1.29 is 14.4 Å². The maximum Gasteiger partial charge on any atom is 0.270 e. The molecule has 1 fully saturated rings. The number of hydrogen-bond donors (Lipinski definition) is 0. The van der Waals surface area contributed by atoms with E-state index in [4.69, 9.17) is 4.84 Å². The minimum Gasteiger partial charge on any atom is -0.379 e. The van der Waals surface area contributed by atoms with E-state index < -0.39 is 5.60 Å². The van der Waals surface area contributed by atoms with Crippen LogP contribution in [-0.4, -0.2) is 47.7 Å². The van der Waals surface area contributed by atoms with Crippen LogP contribution in [-0.2, 0) is 14.4 Å². The van der Waals surface area contributed by atoms with Gasteiger partial charge in [-0.05, 0) is 26.0 Å². The van der Waals surface area contributed by atoms with Crippen molar-refractivity contribution in [3.63, 3.8) is 0 Å². The fraction of sp³-hybridized carbons (Fsp3) is 0.412. The van der Waals surface area contributed by atoms with Crippen LogP contribution in [0.4, 0.5) is 5.69 Å². The van der Waals surface area contributed by atoms with Crippen molar-refractivity contribution in [1.29, 1.82) is 5.26 Å². The molecule has 0 aliphatic carbocycles. The zero-order valence-corrected chi connectivity index (χ0v) is 13.7. The van der Waals surface area contributed by atoms with Gasteiger partial charge in [0.25, 0.3) is 5.91 Å². The third kappa shape index (κ3) is 2.71. The minimum absolute atomic E-state index is 0.0312. The predicted octanol–water partition coefficient (Wildman–Crippen LogP) is 1.29. The summed E-state index contributed by atoms with van der Waals surface area (Å²) in [6, 6.07) is 9.05. The fourth-order valence-electron chi connectivity index (χ4n) is 3.09. The van der Waals surface area contributed by atoms with Crippen LogP contribution in [0.5, 0.6) is 0 Å². The Morgan fingerprint density at radius 3 is 2.75 bits per heavy atom. The molecule has 0 unspecified atom stereocenters. The van der Waals surface area contributed by atoms with E-state index in [-0.39, 0.29) is 18.4 Å². The molecule has 0 spiro atoms. The molecule has 0 aromatic heterocycles. The number of anilines is 1. The first-order valence-electron chi connectivity index (χ1n) is 7.75. The molecule has 1 aromatic carbocycles. The van der Waals surface area contributed by atoms with Gasteiger partial charge in [0.05, 0.1) is 17.0 Å². The zero-order chi connectivity index (χ0) is 17.3. The third-order valence-corrected chi connectivity index (χ3v) is 4.27. The van der Waals surface area contributed by atoms with Gasteiger partial charge in [-0.3, -0.25) is 9.59 Å². The van der Waals surface area contributed by atoms with Gasteiger partial charge >= 0.3 is 0 Å². The summed E-state index contributed by atoms with van der Waals surface area (Å²) < 4.78 is 0. The van der Waals surface area contributed by atoms with E-state index in [1.54, 1.807) is 43.0 Å². The van der Waals surface area contributed by atoms with E-state index >= 15 is 0 Å². The lowest BCUT2D eigenvalue weighted by Gasteiger charge is -2.37. The Balaban J connectivity index is 1.73. The number of nitrogens with zero attached hydrogens (tertiary/aromatic N) is 4. The molecule has 1 atom stereocenters. The molecule has 1 saturated heterocycles. The quantitative estimate of drug-likeness (QED) is 0.819. The van der Waals surface area contributed by atoms with E-state index in [0.717, 1.165) is 5.71 Å². The number of nitriles is 1. The summed E-state index contributed by atoms with van der Waals surface area (Å²) in [7, 11) is 0. The van der Waals surface area contributed by atoms with Gasteiger partial charge in [0, 0.05) is 19.5 Å². The first-order chi connectivity index (χ1) is 11.4. The van der Waals surface area contributed by atoms with Crippen molar-refractivity contribution in [2.45, 2.75) is 25.9 Å². The number of oxime groups is 1. The molecule has 7 heteroatoms. The van der Waals surface area contributed by atoms with E-state index in [2.05, 4.69) is 11.2 Å². The molecular weight excluding hydrogens is 308 g/mol. The first kappa shape index (κ1) is 16.0. The van der Waals surface area contributed by atoms with Crippen LogP contribution in [0.2, 0.25) is 0 Å². The number of amides is 2. The normalized spacial score (nSPS) is 23.5. The lowest BCUT2D eigenvalue weighted by molar-refractivity contribution is -0.155. The smallest absolute Gasteiger partial charge is 0.270 e. The molecule has 2 heterocycles. The first-order valence-corrected chi connectivity index (χ1v) is 7.75. The molecule has 0 N–H and O–H groups in total. The number of hydrogen-bond acceptors (Lipinski definition) is 5. The fourth-order valence-corrected chi connectivity index (χ4v) is 3.09. The molecule has 2 amide bonds. The molecule has 2 aliphatic rings. The Morgan fingerprint density at radius 1 is 1.38 bits per heavy atom. The van der Waals surface area contributed by atoms with Gasteiger partial charge < -0.3 is 14.6 Å². The monoisotopic (exact) mass is 326 g/mol. The van der Waals surface area contributed by atoms with Crippen molar-refractivity contribution in [3.8, 4) is 6.07 Å². The molecule has 24 heavy (non-hydrogen) atoms. The summed E-state index contributed by atoms with van der Waals surface area (Å²) in [6.07, 6.45) is 0.428. The number of para-hydroxylation sites is 1. The van der Waals surface area contributed by atoms with Crippen LogP contribution in [0.15, 0.2) is 29.4 Å². The Morgan fingerprint density at radius 2 is 2.12 bits per heavy atom. The van der Waals surface area contributed by atoms with Crippen LogP contribution in [0.3, 0.4) is 0 Å². The number of carbonyl (C=O) groups excluding carboxylic acids is 2. The summed E-state index contributed by atoms with van der Waals surface area (Å²) in [5.74, 6) is -0.443. The van der Waals surface area contributed by atoms with Gasteiger partial charge in [-0.25, -0.2) is 0 Å². The zero-order valence-electron chi connectivity index (χ0n) is 13.7. The van der Waals surface area contributed by atoms with Crippen molar-refractivity contribution in [3.05, 3.63) is 29.8 Å². The summed E-state index contributed by atoms with van der Waals surface area (Å²) in [5.41, 5.74) is 0.760. The largest absolute Gasteiger partial charge is 0.379 e. The molecule has 1 aromatic rings. The molecule has 124 valence electrons. The standard InChI is InChI=1S/C17H18N4O3/c1-12-9-17(2,24-19-12)16(23)20-7-8-21(15(22)11-20)14-6-4-3-5-13(14)10-18/h3-6H,7-9,11H2,1-2H3/t17-/m0/s1. The summed E-state index contributed by atoms with van der Waals surface area (Å²) >= 11 is 0. The van der Waals surface area contributed by atoms with Crippen molar-refractivity contribution in [2.75, 3.05) is 24.5 Å². The molecule has 7 nitrogen and oxygen atoms in total. The Hall–Kier alpha value is -2.88. The highest BCUT2D eigenvalue weighted by molar-refractivity contribution is 6.01. The van der Waals surface area contributed by atoms with Gasteiger partial charge in [0.15, 0.2) is 0 Å². The number of carbonyl (C=O) groups is 2. The van der Waals surface area contributed by atoms with E-state index in [9.17, 15) is 14.9 Å². The summed E-state index contributed by atoms with van der Waals surface area (Å²) in [4.78, 5) is 33.5. The van der Waals surface area contributed by atoms with Gasteiger partial charge in [0.1, 0.15) is 12.6 Å². The SMILES string of the molecule is CC1=NO[C@](C)(C(=O)N2CCN(c3ccccc3C#N)C(=O)C2)C1. The molecule has 3 rings (SSSR count). The molecule has 0 saturated carbocycles. The Bertz CT molecular complexity index is 767. The molecule has 0 radical (unpaired) electrons. The highest BCUT2D eigenvalue weighted by atomic mass is 16.7. The maximum absolute atomic E-state index is 12.7. The second kappa shape index (κ2) is 5.96. The van der Waals surface area contributed by atoms with Crippen LogP contribution in [0, 0.1) is 11.3 Å². The van der Waals surface area contributed by atoms with Gasteiger partial charge in [-0.15, -0.1) is 0 Å². The van der Waals surface area contributed by atoms with E-state index in [1.165, 1.54) is 4.90 Å². The Kier molecular flexibility index (Phi) is 3.97. The second-order valence-electron chi connectivity index (χ2n) is 6.23. The van der Waals surface area contributed by atoms with Crippen LogP contribution >= 0.6 is 0 Å². The lowest BCUT2D eigenvalue weighted by Crippen LogP contribution is -2.57. The van der Waals surface area contributed by atoms with E-state index in [1.807, 2.05) is 0 Å². The predicted molar refractivity (Wildman–Crippen MR) is 87.3 cm³/mol. The Labute approximate surface area is 140 Å². The minimum atomic E-state index is -1.03. The van der Waals surface area contributed by atoms with Crippen molar-refractivity contribution in [2.24, 2.45) is 5.16 Å². The third-order valence-electron chi connectivity index (χ3n) is 4.27. The average Bonchev–Trinajstić information content (AvgIpc) is 2.94. The maximum atomic E-state index is 12.7. The van der Waals surface area contributed by atoms with Crippen LogP contribution < -0.4 is 4.90 Å². The lowest BCUT2D eigenvalue weighted by atomic mass is 9.98. The number of benzene rings is 1. The van der Waals surface area contributed by atoms with Gasteiger partial charge in [-0.2, -0.15) is 5.26 Å². The highest BCUT2D eigenvalue weighted by Gasteiger charge is 2.45. The highest BCUT2D eigenvalue weighted by Crippen LogP contribution is 2.28. The van der Waals surface area contributed by atoms with Gasteiger partial charge in [0.2, 0.25) is 11.5 Å². The second-order valence-corrected chi connectivity index (χ2v) is 6.23. The van der Waals surface area contributed by atoms with E-state index in [0.29, 0.717) is 30.8 Å². The molecule has 2 aliphatic heterocycles. The summed E-state index contributed by atoms with van der Waals surface area (Å²) in [6.45, 7) is 4.20. The van der Waals surface area contributed by atoms with Crippen molar-refractivity contribution >= 4 is 23.2 Å². The molecule has 0 bridgehead atoms. The topological polar surface area (TPSA) is 86.0 Å². The van der Waals surface area contributed by atoms with Crippen LogP contribution in [0.1, 0.15) is 25.8 Å². The van der Waals surface area contributed by atoms with Gasteiger partial charge in [-0.1, -0.05) is 17.3 Å². The summed E-state index contributed by atoms with van der Waals surface area (Å²) in [5, 5.41) is 13.0. The van der Waals surface area contributed by atoms with Crippen LogP contribution in [0.25, 0.3) is 0 Å². The molecular formula is C17H18N4O3. The average molecular weight is 326 g/mol. The number of rotatable bonds is 2. The number of piperazine rings is 1.